The van der Waals surface area contributed by atoms with Crippen molar-refractivity contribution in [2.75, 3.05) is 0 Å². The van der Waals surface area contributed by atoms with Crippen LogP contribution in [-0.4, -0.2) is 10.9 Å². The van der Waals surface area contributed by atoms with Gasteiger partial charge in [0.2, 0.25) is 0 Å². The maximum atomic E-state index is 12.9. The standard InChI is InChI=1S/C15H11ClFNO4/c1-9(10-2-5-12(17)6-3-10)22-15(19)13-8-11(16)4-7-14(13)18(20)21/h2-9H,1H3. The molecule has 0 heterocycles. The largest absolute Gasteiger partial charge is 0.454 e. The minimum Gasteiger partial charge on any atom is -0.454 e. The molecule has 0 bridgehead atoms. The number of esters is 1. The van der Waals surface area contributed by atoms with Crippen LogP contribution in [0.5, 0.6) is 0 Å². The van der Waals surface area contributed by atoms with Gasteiger partial charge < -0.3 is 4.74 Å². The Balaban J connectivity index is 2.23. The van der Waals surface area contributed by atoms with Crippen LogP contribution >= 0.6 is 11.6 Å². The molecule has 0 aliphatic rings. The van der Waals surface area contributed by atoms with E-state index in [4.69, 9.17) is 16.3 Å². The third-order valence-electron chi connectivity index (χ3n) is 3.00. The van der Waals surface area contributed by atoms with Crippen LogP contribution in [0.25, 0.3) is 0 Å². The Kier molecular flexibility index (Phi) is 4.72. The smallest absolute Gasteiger partial charge is 0.345 e. The lowest BCUT2D eigenvalue weighted by Crippen LogP contribution is -2.11. The molecule has 0 spiro atoms. The lowest BCUT2D eigenvalue weighted by Gasteiger charge is -2.13. The number of hydrogen-bond donors (Lipinski definition) is 0. The molecule has 2 rings (SSSR count). The van der Waals surface area contributed by atoms with Crippen LogP contribution in [0.1, 0.15) is 28.9 Å². The van der Waals surface area contributed by atoms with Gasteiger partial charge in [-0.05, 0) is 36.8 Å². The topological polar surface area (TPSA) is 69.4 Å². The maximum absolute atomic E-state index is 12.9. The third kappa shape index (κ3) is 3.59. The van der Waals surface area contributed by atoms with E-state index in [1.807, 2.05) is 0 Å². The molecular weight excluding hydrogens is 313 g/mol. The first-order valence-corrected chi connectivity index (χ1v) is 6.66. The molecule has 0 aliphatic carbocycles. The lowest BCUT2D eigenvalue weighted by molar-refractivity contribution is -0.385. The van der Waals surface area contributed by atoms with E-state index in [0.717, 1.165) is 6.07 Å². The molecular formula is C15H11ClFNO4. The molecule has 1 unspecified atom stereocenters. The summed E-state index contributed by atoms with van der Waals surface area (Å²) < 4.78 is 18.1. The van der Waals surface area contributed by atoms with E-state index in [-0.39, 0.29) is 16.3 Å². The van der Waals surface area contributed by atoms with Crippen LogP contribution in [0, 0.1) is 15.9 Å². The zero-order valence-corrected chi connectivity index (χ0v) is 12.2. The van der Waals surface area contributed by atoms with Crippen LogP contribution in [0.3, 0.4) is 0 Å². The number of nitro benzene ring substituents is 1. The molecule has 5 nitrogen and oxygen atoms in total. The zero-order valence-electron chi connectivity index (χ0n) is 11.5. The molecule has 0 saturated heterocycles. The summed E-state index contributed by atoms with van der Waals surface area (Å²) in [6.07, 6.45) is -0.688. The molecule has 0 aliphatic heterocycles. The van der Waals surface area contributed by atoms with Gasteiger partial charge in [-0.2, -0.15) is 0 Å². The van der Waals surface area contributed by atoms with Gasteiger partial charge in [-0.3, -0.25) is 10.1 Å². The summed E-state index contributed by atoms with van der Waals surface area (Å²) in [4.78, 5) is 22.4. The molecule has 0 amide bonds. The Morgan fingerprint density at radius 3 is 2.50 bits per heavy atom. The van der Waals surface area contributed by atoms with Crippen molar-refractivity contribution < 1.29 is 18.8 Å². The van der Waals surface area contributed by atoms with Crippen LogP contribution in [0.15, 0.2) is 42.5 Å². The molecule has 2 aromatic carbocycles. The fourth-order valence-corrected chi connectivity index (χ4v) is 2.03. The third-order valence-corrected chi connectivity index (χ3v) is 3.23. The molecule has 0 fully saturated rings. The molecule has 0 N–H and O–H groups in total. The van der Waals surface area contributed by atoms with Gasteiger partial charge in [0.1, 0.15) is 17.5 Å². The van der Waals surface area contributed by atoms with Crippen LogP contribution in [-0.2, 0) is 4.74 Å². The van der Waals surface area contributed by atoms with Gasteiger partial charge in [-0.1, -0.05) is 23.7 Å². The molecule has 0 radical (unpaired) electrons. The number of carbonyl (C=O) groups is 1. The number of nitrogens with zero attached hydrogens (tertiary/aromatic N) is 1. The Labute approximate surface area is 130 Å². The average molecular weight is 324 g/mol. The highest BCUT2D eigenvalue weighted by Crippen LogP contribution is 2.26. The molecule has 7 heteroatoms. The van der Waals surface area contributed by atoms with Gasteiger partial charge in [-0.15, -0.1) is 0 Å². The zero-order chi connectivity index (χ0) is 16.3. The number of ether oxygens (including phenoxy) is 1. The second-order valence-electron chi connectivity index (χ2n) is 4.52. The Bertz CT molecular complexity index is 718. The first kappa shape index (κ1) is 15.9. The second-order valence-corrected chi connectivity index (χ2v) is 4.95. The van der Waals surface area contributed by atoms with Crippen molar-refractivity contribution in [2.45, 2.75) is 13.0 Å². The van der Waals surface area contributed by atoms with Crippen molar-refractivity contribution in [1.82, 2.24) is 0 Å². The van der Waals surface area contributed by atoms with Crippen molar-refractivity contribution in [2.24, 2.45) is 0 Å². The highest BCUT2D eigenvalue weighted by Gasteiger charge is 2.23. The summed E-state index contributed by atoms with van der Waals surface area (Å²) in [6, 6.07) is 9.06. The molecule has 0 aromatic heterocycles. The number of carbonyl (C=O) groups excluding carboxylic acids is 1. The predicted molar refractivity (Wildman–Crippen MR) is 78.3 cm³/mol. The summed E-state index contributed by atoms with van der Waals surface area (Å²) in [5.41, 5.74) is -0.0494. The monoisotopic (exact) mass is 323 g/mol. The molecule has 0 saturated carbocycles. The van der Waals surface area contributed by atoms with Gasteiger partial charge in [-0.25, -0.2) is 9.18 Å². The van der Waals surface area contributed by atoms with Crippen molar-refractivity contribution in [3.63, 3.8) is 0 Å². The van der Waals surface area contributed by atoms with Crippen molar-refractivity contribution in [1.29, 1.82) is 0 Å². The highest BCUT2D eigenvalue weighted by atomic mass is 35.5. The molecule has 1 atom stereocenters. The quantitative estimate of drug-likeness (QED) is 0.477. The van der Waals surface area contributed by atoms with E-state index in [1.165, 1.54) is 36.4 Å². The summed E-state index contributed by atoms with van der Waals surface area (Å²) in [5.74, 6) is -1.28. The maximum Gasteiger partial charge on any atom is 0.345 e. The lowest BCUT2D eigenvalue weighted by atomic mass is 10.1. The molecule has 2 aromatic rings. The number of halogens is 2. The Morgan fingerprint density at radius 1 is 1.27 bits per heavy atom. The Morgan fingerprint density at radius 2 is 1.91 bits per heavy atom. The Hall–Kier alpha value is -2.47. The van der Waals surface area contributed by atoms with Crippen LogP contribution in [0.4, 0.5) is 10.1 Å². The van der Waals surface area contributed by atoms with Gasteiger partial charge in [0.25, 0.3) is 5.69 Å². The predicted octanol–water partition coefficient (Wildman–Crippen LogP) is 4.31. The molecule has 22 heavy (non-hydrogen) atoms. The first-order valence-electron chi connectivity index (χ1n) is 6.29. The van der Waals surface area contributed by atoms with E-state index in [2.05, 4.69) is 0 Å². The number of rotatable bonds is 4. The summed E-state index contributed by atoms with van der Waals surface area (Å²) in [7, 11) is 0. The van der Waals surface area contributed by atoms with E-state index in [0.29, 0.717) is 5.56 Å². The first-order chi connectivity index (χ1) is 10.4. The summed E-state index contributed by atoms with van der Waals surface area (Å²) >= 11 is 5.76. The number of benzene rings is 2. The van der Waals surface area contributed by atoms with Crippen LogP contribution < -0.4 is 0 Å². The minimum atomic E-state index is -0.869. The number of nitro groups is 1. The van der Waals surface area contributed by atoms with E-state index in [9.17, 15) is 19.3 Å². The van der Waals surface area contributed by atoms with Crippen molar-refractivity contribution in [3.8, 4) is 0 Å². The SMILES string of the molecule is CC(OC(=O)c1cc(Cl)ccc1[N+](=O)[O-])c1ccc(F)cc1. The van der Waals surface area contributed by atoms with Gasteiger partial charge >= 0.3 is 5.97 Å². The van der Waals surface area contributed by atoms with Crippen LogP contribution in [0.2, 0.25) is 5.02 Å². The minimum absolute atomic E-state index is 0.187. The second kappa shape index (κ2) is 6.53. The van der Waals surface area contributed by atoms with Gasteiger partial charge in [0, 0.05) is 11.1 Å². The number of hydrogen-bond acceptors (Lipinski definition) is 4. The summed E-state index contributed by atoms with van der Waals surface area (Å²) in [5, 5.41) is 11.1. The van der Waals surface area contributed by atoms with Gasteiger partial charge in [0.05, 0.1) is 4.92 Å². The average Bonchev–Trinajstić information content (AvgIpc) is 2.47. The van der Waals surface area contributed by atoms with E-state index < -0.39 is 22.8 Å². The van der Waals surface area contributed by atoms with Crippen molar-refractivity contribution in [3.05, 3.63) is 74.5 Å². The van der Waals surface area contributed by atoms with E-state index in [1.54, 1.807) is 6.92 Å². The fraction of sp³-hybridized carbons (Fsp3) is 0.133. The van der Waals surface area contributed by atoms with E-state index >= 15 is 0 Å². The normalized spacial score (nSPS) is 11.8. The van der Waals surface area contributed by atoms with Gasteiger partial charge in [0.15, 0.2) is 0 Å². The fourth-order valence-electron chi connectivity index (χ4n) is 1.86. The van der Waals surface area contributed by atoms with Crippen molar-refractivity contribution >= 4 is 23.3 Å². The highest BCUT2D eigenvalue weighted by molar-refractivity contribution is 6.31. The molecule has 114 valence electrons. The summed E-state index contributed by atoms with van der Waals surface area (Å²) in [6.45, 7) is 1.58.